The van der Waals surface area contributed by atoms with Gasteiger partial charge in [0.15, 0.2) is 5.65 Å². The smallest absolute Gasteiger partial charge is 0.337 e. The molecule has 2 aromatic carbocycles. The maximum atomic E-state index is 13.0. The molecular weight excluding hydrogens is 413 g/mol. The van der Waals surface area contributed by atoms with Crippen LogP contribution in [-0.2, 0) is 6.18 Å². The van der Waals surface area contributed by atoms with E-state index >= 15 is 0 Å². The number of aromatic amines is 1. The summed E-state index contributed by atoms with van der Waals surface area (Å²) in [6.45, 7) is 0. The summed E-state index contributed by atoms with van der Waals surface area (Å²) >= 11 is 6.34. The van der Waals surface area contributed by atoms with Crippen molar-refractivity contribution in [2.45, 2.75) is 6.18 Å². The van der Waals surface area contributed by atoms with E-state index in [4.69, 9.17) is 11.6 Å². The maximum Gasteiger partial charge on any atom is 0.417 e. The van der Waals surface area contributed by atoms with Crippen LogP contribution in [0.1, 0.15) is 5.56 Å². The lowest BCUT2D eigenvalue weighted by molar-refractivity contribution is -0.137. The van der Waals surface area contributed by atoms with E-state index in [1.807, 2.05) is 36.4 Å². The maximum absolute atomic E-state index is 13.0. The van der Waals surface area contributed by atoms with E-state index in [0.29, 0.717) is 16.5 Å². The number of hydrogen-bond donors (Lipinski definition) is 1. The van der Waals surface area contributed by atoms with Crippen molar-refractivity contribution in [1.82, 2.24) is 19.9 Å². The largest absolute Gasteiger partial charge is 0.417 e. The van der Waals surface area contributed by atoms with Crippen LogP contribution < -0.4 is 0 Å². The van der Waals surface area contributed by atoms with Crippen LogP contribution in [0.2, 0.25) is 5.02 Å². The highest BCUT2D eigenvalue weighted by atomic mass is 35.5. The highest BCUT2D eigenvalue weighted by molar-refractivity contribution is 6.33. The molecule has 0 bridgehead atoms. The van der Waals surface area contributed by atoms with Gasteiger partial charge in [0, 0.05) is 23.5 Å². The number of nitrogens with zero attached hydrogens (tertiary/aromatic N) is 3. The number of alkyl halides is 3. The van der Waals surface area contributed by atoms with Crippen molar-refractivity contribution in [3.05, 3.63) is 77.6 Å². The van der Waals surface area contributed by atoms with Crippen molar-refractivity contribution in [3.8, 4) is 22.6 Å². The van der Waals surface area contributed by atoms with Crippen LogP contribution in [0.15, 0.2) is 67.0 Å². The normalized spacial score (nSPS) is 12.0. The number of fused-ring (bicyclic) bond motifs is 2. The quantitative estimate of drug-likeness (QED) is 0.351. The van der Waals surface area contributed by atoms with Gasteiger partial charge in [-0.2, -0.15) is 13.2 Å². The topological polar surface area (TPSA) is 54.5 Å². The molecule has 0 aliphatic rings. The van der Waals surface area contributed by atoms with Crippen LogP contribution in [0.25, 0.3) is 44.6 Å². The van der Waals surface area contributed by atoms with Crippen LogP contribution in [-0.4, -0.2) is 19.9 Å². The molecule has 148 valence electrons. The summed E-state index contributed by atoms with van der Waals surface area (Å²) in [6, 6.07) is 16.0. The zero-order valence-electron chi connectivity index (χ0n) is 15.2. The van der Waals surface area contributed by atoms with Gasteiger partial charge in [-0.25, -0.2) is 9.97 Å². The Hall–Kier alpha value is -3.45. The first-order chi connectivity index (χ1) is 14.4. The number of pyridine rings is 2. The Morgan fingerprint density at radius 3 is 2.33 bits per heavy atom. The second kappa shape index (κ2) is 6.81. The van der Waals surface area contributed by atoms with E-state index in [9.17, 15) is 13.2 Å². The Morgan fingerprint density at radius 1 is 0.867 bits per heavy atom. The molecule has 0 atom stereocenters. The number of aromatic nitrogens is 4. The van der Waals surface area contributed by atoms with Gasteiger partial charge in [0.2, 0.25) is 0 Å². The van der Waals surface area contributed by atoms with Crippen LogP contribution in [0, 0.1) is 0 Å². The van der Waals surface area contributed by atoms with Gasteiger partial charge in [-0.1, -0.05) is 41.9 Å². The summed E-state index contributed by atoms with van der Waals surface area (Å²) in [5.41, 5.74) is 1.87. The molecule has 0 saturated carbocycles. The number of H-pyrrole nitrogens is 1. The standard InChI is InChI=1S/C22H12ClF3N4/c23-17-6-3-9-27-19(17)15-7-8-16(14-5-2-1-4-13(14)15)20-29-18-10-12(22(24,25)26)11-28-21(18)30-20/h1-11H,(H,28,29,30). The summed E-state index contributed by atoms with van der Waals surface area (Å²) < 4.78 is 39.0. The highest BCUT2D eigenvalue weighted by Crippen LogP contribution is 2.37. The number of benzene rings is 2. The third kappa shape index (κ3) is 3.07. The molecule has 0 amide bonds. The predicted octanol–water partition coefficient (Wildman–Crippen LogP) is 6.51. The molecule has 5 rings (SSSR count). The molecule has 8 heteroatoms. The zero-order chi connectivity index (χ0) is 20.9. The van der Waals surface area contributed by atoms with Gasteiger partial charge in [0.1, 0.15) is 5.82 Å². The van der Waals surface area contributed by atoms with Crippen molar-refractivity contribution in [2.75, 3.05) is 0 Å². The minimum absolute atomic E-state index is 0.221. The van der Waals surface area contributed by atoms with Crippen molar-refractivity contribution >= 4 is 33.5 Å². The van der Waals surface area contributed by atoms with Crippen molar-refractivity contribution < 1.29 is 13.2 Å². The fourth-order valence-corrected chi connectivity index (χ4v) is 3.70. The first-order valence-electron chi connectivity index (χ1n) is 8.98. The van der Waals surface area contributed by atoms with E-state index < -0.39 is 11.7 Å². The van der Waals surface area contributed by atoms with E-state index in [0.717, 1.165) is 34.2 Å². The Morgan fingerprint density at radius 2 is 1.60 bits per heavy atom. The van der Waals surface area contributed by atoms with Crippen molar-refractivity contribution in [3.63, 3.8) is 0 Å². The summed E-state index contributed by atoms with van der Waals surface area (Å²) in [7, 11) is 0. The molecule has 0 fully saturated rings. The number of nitrogens with one attached hydrogen (secondary N) is 1. The fourth-order valence-electron chi connectivity index (χ4n) is 3.48. The minimum Gasteiger partial charge on any atom is -0.337 e. The van der Waals surface area contributed by atoms with Crippen LogP contribution in [0.5, 0.6) is 0 Å². The lowest BCUT2D eigenvalue weighted by Crippen LogP contribution is -2.05. The molecule has 0 aliphatic heterocycles. The summed E-state index contributed by atoms with van der Waals surface area (Å²) in [5, 5.41) is 2.30. The van der Waals surface area contributed by atoms with Gasteiger partial charge < -0.3 is 4.98 Å². The van der Waals surface area contributed by atoms with Crippen LogP contribution in [0.3, 0.4) is 0 Å². The molecule has 0 unspecified atom stereocenters. The average molecular weight is 425 g/mol. The van der Waals surface area contributed by atoms with Gasteiger partial charge in [-0.3, -0.25) is 4.98 Å². The number of rotatable bonds is 2. The molecule has 30 heavy (non-hydrogen) atoms. The van der Waals surface area contributed by atoms with E-state index in [1.165, 1.54) is 0 Å². The number of hydrogen-bond acceptors (Lipinski definition) is 3. The minimum atomic E-state index is -4.47. The second-order valence-corrected chi connectivity index (χ2v) is 7.13. The van der Waals surface area contributed by atoms with E-state index in [1.54, 1.807) is 18.3 Å². The Balaban J connectivity index is 1.71. The molecule has 5 aromatic rings. The second-order valence-electron chi connectivity index (χ2n) is 6.72. The third-order valence-electron chi connectivity index (χ3n) is 4.86. The van der Waals surface area contributed by atoms with E-state index in [2.05, 4.69) is 19.9 Å². The Labute approximate surface area is 173 Å². The summed E-state index contributed by atoms with van der Waals surface area (Å²) in [6.07, 6.45) is -2.01. The fraction of sp³-hybridized carbons (Fsp3) is 0.0455. The summed E-state index contributed by atoms with van der Waals surface area (Å²) in [4.78, 5) is 15.6. The molecule has 0 saturated heterocycles. The Bertz CT molecular complexity index is 1410. The number of halogens is 4. The summed E-state index contributed by atoms with van der Waals surface area (Å²) in [5.74, 6) is 0.437. The van der Waals surface area contributed by atoms with Gasteiger partial charge in [-0.15, -0.1) is 0 Å². The molecular formula is C22H12ClF3N4. The first kappa shape index (κ1) is 18.6. The molecule has 0 aliphatic carbocycles. The van der Waals surface area contributed by atoms with Crippen LogP contribution in [0.4, 0.5) is 13.2 Å². The molecule has 4 nitrogen and oxygen atoms in total. The average Bonchev–Trinajstić information content (AvgIpc) is 3.16. The predicted molar refractivity (Wildman–Crippen MR) is 110 cm³/mol. The zero-order valence-corrected chi connectivity index (χ0v) is 16.0. The lowest BCUT2D eigenvalue weighted by Gasteiger charge is -2.10. The monoisotopic (exact) mass is 424 g/mol. The van der Waals surface area contributed by atoms with Gasteiger partial charge in [0.25, 0.3) is 0 Å². The SMILES string of the molecule is FC(F)(F)c1cnc2nc(-c3ccc(-c4ncccc4Cl)c4ccccc34)[nH]c2c1. The third-order valence-corrected chi connectivity index (χ3v) is 5.16. The van der Waals surface area contributed by atoms with Crippen LogP contribution >= 0.6 is 11.6 Å². The van der Waals surface area contributed by atoms with Gasteiger partial charge >= 0.3 is 6.18 Å². The molecule has 0 radical (unpaired) electrons. The molecule has 0 spiro atoms. The molecule has 3 aromatic heterocycles. The lowest BCUT2D eigenvalue weighted by atomic mass is 9.97. The van der Waals surface area contributed by atoms with Crippen molar-refractivity contribution in [2.24, 2.45) is 0 Å². The van der Waals surface area contributed by atoms with Crippen molar-refractivity contribution in [1.29, 1.82) is 0 Å². The number of imidazole rings is 1. The molecule has 1 N–H and O–H groups in total. The van der Waals surface area contributed by atoms with Gasteiger partial charge in [0.05, 0.1) is 21.8 Å². The van der Waals surface area contributed by atoms with E-state index in [-0.39, 0.29) is 11.2 Å². The molecule has 3 heterocycles. The Kier molecular flexibility index (Phi) is 4.22. The highest BCUT2D eigenvalue weighted by Gasteiger charge is 2.31. The first-order valence-corrected chi connectivity index (χ1v) is 9.35. The van der Waals surface area contributed by atoms with Gasteiger partial charge in [-0.05, 0) is 35.0 Å².